The normalized spacial score (nSPS) is 11.8. The highest BCUT2D eigenvalue weighted by Crippen LogP contribution is 2.32. The third-order valence-electron chi connectivity index (χ3n) is 7.46. The molecule has 0 unspecified atom stereocenters. The van der Waals surface area contributed by atoms with Crippen molar-refractivity contribution in [1.29, 1.82) is 0 Å². The van der Waals surface area contributed by atoms with E-state index < -0.39 is 40.2 Å². The lowest BCUT2D eigenvalue weighted by Crippen LogP contribution is -2.53. The Morgan fingerprint density at radius 2 is 1.51 bits per heavy atom. The zero-order chi connectivity index (χ0) is 32.6. The van der Waals surface area contributed by atoms with E-state index in [4.69, 9.17) is 9.47 Å². The lowest BCUT2D eigenvalue weighted by Gasteiger charge is -2.34. The fourth-order valence-electron chi connectivity index (χ4n) is 4.93. The number of sulfonamides is 1. The van der Waals surface area contributed by atoms with Gasteiger partial charge >= 0.3 is 0 Å². The number of halogens is 1. The summed E-state index contributed by atoms with van der Waals surface area (Å²) in [6, 6.07) is 24.6. The maximum atomic E-state index is 14.4. The zero-order valence-corrected chi connectivity index (χ0v) is 26.4. The Kier molecular flexibility index (Phi) is 10.8. The monoisotopic (exact) mass is 633 g/mol. The Morgan fingerprint density at radius 3 is 2.13 bits per heavy atom. The van der Waals surface area contributed by atoms with Gasteiger partial charge in [0.2, 0.25) is 11.8 Å². The van der Waals surface area contributed by atoms with Crippen LogP contribution in [0.5, 0.6) is 11.5 Å². The number of rotatable bonds is 13. The van der Waals surface area contributed by atoms with E-state index in [1.807, 2.05) is 61.5 Å². The molecule has 0 radical (unpaired) electrons. The molecule has 0 aliphatic rings. The molecule has 0 spiro atoms. The molecule has 9 nitrogen and oxygen atoms in total. The van der Waals surface area contributed by atoms with Gasteiger partial charge in [0.1, 0.15) is 18.4 Å². The average molecular weight is 634 g/mol. The summed E-state index contributed by atoms with van der Waals surface area (Å²) in [5.74, 6) is -1.11. The number of methoxy groups -OCH3 is 2. The number of anilines is 1. The van der Waals surface area contributed by atoms with Crippen molar-refractivity contribution in [3.05, 3.63) is 120 Å². The van der Waals surface area contributed by atoms with Gasteiger partial charge in [-0.2, -0.15) is 0 Å². The van der Waals surface area contributed by atoms with Crippen LogP contribution in [0, 0.1) is 12.7 Å². The van der Waals surface area contributed by atoms with E-state index in [1.165, 1.54) is 56.5 Å². The molecule has 4 rings (SSSR count). The number of benzene rings is 4. The summed E-state index contributed by atoms with van der Waals surface area (Å²) in [5.41, 5.74) is 2.58. The topological polar surface area (TPSA) is 105 Å². The van der Waals surface area contributed by atoms with Crippen molar-refractivity contribution in [3.63, 3.8) is 0 Å². The zero-order valence-electron chi connectivity index (χ0n) is 25.6. The lowest BCUT2D eigenvalue weighted by molar-refractivity contribution is -0.139. The molecule has 236 valence electrons. The van der Waals surface area contributed by atoms with Gasteiger partial charge in [-0.05, 0) is 60.0 Å². The van der Waals surface area contributed by atoms with Crippen LogP contribution in [-0.4, -0.2) is 59.0 Å². The first kappa shape index (κ1) is 33.0. The van der Waals surface area contributed by atoms with E-state index in [0.29, 0.717) is 5.75 Å². The number of hydrogen-bond donors (Lipinski definition) is 1. The molecule has 11 heteroatoms. The summed E-state index contributed by atoms with van der Waals surface area (Å²) in [7, 11) is -0.121. The SMILES string of the molecule is CNC(=O)[C@H](Cc1ccccc1)N(Cc1ccccc1C)C(=O)CN(c1ccc(F)cc1)S(=O)(=O)c1ccc(OC)c(OC)c1. The van der Waals surface area contributed by atoms with Crippen LogP contribution in [-0.2, 0) is 32.6 Å². The number of likely N-dealkylation sites (N-methyl/N-ethyl adjacent to an activating group) is 1. The lowest BCUT2D eigenvalue weighted by atomic mass is 10.0. The summed E-state index contributed by atoms with van der Waals surface area (Å²) >= 11 is 0. The molecule has 0 bridgehead atoms. The minimum Gasteiger partial charge on any atom is -0.493 e. The number of nitrogens with one attached hydrogen (secondary N) is 1. The molecule has 0 aliphatic heterocycles. The van der Waals surface area contributed by atoms with Crippen LogP contribution in [0.1, 0.15) is 16.7 Å². The van der Waals surface area contributed by atoms with Crippen molar-refractivity contribution < 1.29 is 31.9 Å². The van der Waals surface area contributed by atoms with E-state index in [-0.39, 0.29) is 29.3 Å². The Bertz CT molecular complexity index is 1730. The Balaban J connectivity index is 1.81. The highest BCUT2D eigenvalue weighted by Gasteiger charge is 2.35. The van der Waals surface area contributed by atoms with Gasteiger partial charge in [0.05, 0.1) is 24.8 Å². The largest absolute Gasteiger partial charge is 0.493 e. The van der Waals surface area contributed by atoms with Gasteiger partial charge in [0.15, 0.2) is 11.5 Å². The summed E-state index contributed by atoms with van der Waals surface area (Å²) in [4.78, 5) is 29.0. The number of aryl methyl sites for hydroxylation is 1. The quantitative estimate of drug-likeness (QED) is 0.228. The van der Waals surface area contributed by atoms with Crippen LogP contribution >= 0.6 is 0 Å². The minimum absolute atomic E-state index is 0.0457. The fraction of sp³-hybridized carbons (Fsp3) is 0.235. The number of nitrogens with zero attached hydrogens (tertiary/aromatic N) is 2. The van der Waals surface area contributed by atoms with Gasteiger partial charge in [-0.1, -0.05) is 54.6 Å². The molecule has 0 saturated carbocycles. The Morgan fingerprint density at radius 1 is 0.867 bits per heavy atom. The second-order valence-corrected chi connectivity index (χ2v) is 12.1. The number of hydrogen-bond acceptors (Lipinski definition) is 6. The maximum Gasteiger partial charge on any atom is 0.264 e. The third kappa shape index (κ3) is 7.79. The van der Waals surface area contributed by atoms with Crippen LogP contribution in [0.3, 0.4) is 0 Å². The van der Waals surface area contributed by atoms with Crippen molar-refractivity contribution in [2.75, 3.05) is 32.1 Å². The second kappa shape index (κ2) is 14.7. The molecule has 1 atom stereocenters. The van der Waals surface area contributed by atoms with Crippen LogP contribution in [0.15, 0.2) is 102 Å². The van der Waals surface area contributed by atoms with Crippen molar-refractivity contribution >= 4 is 27.5 Å². The Labute approximate surface area is 263 Å². The Hall–Kier alpha value is -4.90. The highest BCUT2D eigenvalue weighted by molar-refractivity contribution is 7.92. The number of carbonyl (C=O) groups is 2. The van der Waals surface area contributed by atoms with E-state index in [1.54, 1.807) is 0 Å². The molecule has 4 aromatic carbocycles. The van der Waals surface area contributed by atoms with Crippen LogP contribution in [0.25, 0.3) is 0 Å². The summed E-state index contributed by atoms with van der Waals surface area (Å²) < 4.78 is 53.8. The van der Waals surface area contributed by atoms with E-state index in [2.05, 4.69) is 5.32 Å². The fourth-order valence-corrected chi connectivity index (χ4v) is 6.36. The molecule has 0 saturated heterocycles. The molecule has 1 N–H and O–H groups in total. The first-order valence-corrected chi connectivity index (χ1v) is 15.6. The van der Waals surface area contributed by atoms with Crippen molar-refractivity contribution in [1.82, 2.24) is 10.2 Å². The third-order valence-corrected chi connectivity index (χ3v) is 9.23. The van der Waals surface area contributed by atoms with Crippen LogP contribution < -0.4 is 19.1 Å². The molecular weight excluding hydrogens is 597 g/mol. The summed E-state index contributed by atoms with van der Waals surface area (Å²) in [6.45, 7) is 1.27. The van der Waals surface area contributed by atoms with Gasteiger partial charge in [-0.15, -0.1) is 0 Å². The van der Waals surface area contributed by atoms with Gasteiger partial charge in [-0.3, -0.25) is 13.9 Å². The van der Waals surface area contributed by atoms with Gasteiger partial charge < -0.3 is 19.7 Å². The predicted molar refractivity (Wildman–Crippen MR) is 170 cm³/mol. The van der Waals surface area contributed by atoms with Gasteiger partial charge in [-0.25, -0.2) is 12.8 Å². The maximum absolute atomic E-state index is 14.4. The van der Waals surface area contributed by atoms with E-state index in [9.17, 15) is 22.4 Å². The molecule has 0 aliphatic carbocycles. The molecule has 0 heterocycles. The van der Waals surface area contributed by atoms with E-state index >= 15 is 0 Å². The van der Waals surface area contributed by atoms with Gasteiger partial charge in [0, 0.05) is 26.1 Å². The number of ether oxygens (including phenoxy) is 2. The highest BCUT2D eigenvalue weighted by atomic mass is 32.2. The second-order valence-electron chi connectivity index (χ2n) is 10.3. The molecule has 45 heavy (non-hydrogen) atoms. The van der Waals surface area contributed by atoms with Gasteiger partial charge in [0.25, 0.3) is 10.0 Å². The molecular formula is C34H36FN3O6S. The standard InChI is InChI=1S/C34H36FN3O6S/c1-24-10-8-9-13-26(24)22-37(30(34(40)36-2)20-25-11-6-5-7-12-25)33(39)23-38(28-16-14-27(35)15-17-28)45(41,42)29-18-19-31(43-3)32(21-29)44-4/h5-19,21,30H,20,22-23H2,1-4H3,(H,36,40)/t30-/m0/s1. The smallest absolute Gasteiger partial charge is 0.264 e. The predicted octanol–water partition coefficient (Wildman–Crippen LogP) is 4.73. The molecule has 0 aromatic heterocycles. The first-order chi connectivity index (χ1) is 21.6. The van der Waals surface area contributed by atoms with E-state index in [0.717, 1.165) is 33.1 Å². The first-order valence-electron chi connectivity index (χ1n) is 14.2. The summed E-state index contributed by atoms with van der Waals surface area (Å²) in [5, 5.41) is 2.66. The molecule has 2 amide bonds. The van der Waals surface area contributed by atoms with Crippen molar-refractivity contribution in [2.24, 2.45) is 0 Å². The van der Waals surface area contributed by atoms with Crippen LogP contribution in [0.2, 0.25) is 0 Å². The van der Waals surface area contributed by atoms with Crippen LogP contribution in [0.4, 0.5) is 10.1 Å². The average Bonchev–Trinajstić information content (AvgIpc) is 3.06. The minimum atomic E-state index is -4.42. The number of carbonyl (C=O) groups excluding carboxylic acids is 2. The molecule has 0 fully saturated rings. The number of amides is 2. The van der Waals surface area contributed by atoms with Crippen molar-refractivity contribution in [3.8, 4) is 11.5 Å². The molecule has 4 aromatic rings. The van der Waals surface area contributed by atoms with Crippen molar-refractivity contribution in [2.45, 2.75) is 30.8 Å². The summed E-state index contributed by atoms with van der Waals surface area (Å²) in [6.07, 6.45) is 0.192.